The summed E-state index contributed by atoms with van der Waals surface area (Å²) in [7, 11) is -4.47. The lowest BCUT2D eigenvalue weighted by molar-refractivity contribution is -0.115. The molecule has 3 N–H and O–H groups in total. The molecule has 0 radical (unpaired) electrons. The number of hydrogen-bond donors (Lipinski definition) is 2. The fourth-order valence-corrected chi connectivity index (χ4v) is 3.79. The van der Waals surface area contributed by atoms with Gasteiger partial charge < -0.3 is 5.73 Å². The Kier molecular flexibility index (Phi) is 5.22. The summed E-state index contributed by atoms with van der Waals surface area (Å²) >= 11 is 1.01. The van der Waals surface area contributed by atoms with E-state index in [4.69, 9.17) is 5.73 Å². The molecular weight excluding hydrogens is 346 g/mol. The monoisotopic (exact) mass is 358 g/mol. The highest BCUT2D eigenvalue weighted by Gasteiger charge is 2.24. The molecule has 0 spiro atoms. The van der Waals surface area contributed by atoms with E-state index in [-0.39, 0.29) is 11.4 Å². The van der Waals surface area contributed by atoms with Gasteiger partial charge in [-0.05, 0) is 24.3 Å². The summed E-state index contributed by atoms with van der Waals surface area (Å²) in [6, 6.07) is 8.93. The van der Waals surface area contributed by atoms with Crippen molar-refractivity contribution in [2.24, 2.45) is 5.73 Å². The predicted octanol–water partition coefficient (Wildman–Crippen LogP) is 2.34. The molecule has 1 amide bonds. The van der Waals surface area contributed by atoms with Gasteiger partial charge in [-0.25, -0.2) is 17.2 Å². The number of nitrogens with one attached hydrogen (secondary N) is 1. The fourth-order valence-electron chi connectivity index (χ4n) is 1.76. The number of rotatable bonds is 6. The molecule has 2 aromatic rings. The average Bonchev–Trinajstić information content (AvgIpc) is 2.45. The van der Waals surface area contributed by atoms with Gasteiger partial charge >= 0.3 is 0 Å². The van der Waals surface area contributed by atoms with Crippen molar-refractivity contribution in [1.29, 1.82) is 0 Å². The van der Waals surface area contributed by atoms with E-state index in [0.717, 1.165) is 30.0 Å². The van der Waals surface area contributed by atoms with Gasteiger partial charge in [-0.2, -0.15) is 0 Å². The average molecular weight is 358 g/mol. The number of carbonyl (C=O) groups is 1. The van der Waals surface area contributed by atoms with E-state index in [9.17, 15) is 22.0 Å². The summed E-state index contributed by atoms with van der Waals surface area (Å²) in [5, 5.41) is 0. The number of carbonyl (C=O) groups excluding carboxylic acids is 1. The number of sulfonamides is 1. The first kappa shape index (κ1) is 17.2. The van der Waals surface area contributed by atoms with Crippen molar-refractivity contribution in [1.82, 2.24) is 0 Å². The van der Waals surface area contributed by atoms with Gasteiger partial charge in [0.15, 0.2) is 4.90 Å². The fraction of sp³-hybridized carbons (Fsp3) is 0.0714. The lowest BCUT2D eigenvalue weighted by Crippen LogP contribution is -2.17. The van der Waals surface area contributed by atoms with E-state index in [0.29, 0.717) is 4.90 Å². The van der Waals surface area contributed by atoms with Crippen LogP contribution in [-0.4, -0.2) is 20.1 Å². The molecule has 0 bridgehead atoms. The van der Waals surface area contributed by atoms with Crippen molar-refractivity contribution in [3.8, 4) is 0 Å². The Morgan fingerprint density at radius 3 is 2.30 bits per heavy atom. The highest BCUT2D eigenvalue weighted by atomic mass is 32.2. The quantitative estimate of drug-likeness (QED) is 0.776. The third-order valence-corrected chi connectivity index (χ3v) is 5.20. The molecule has 0 aliphatic rings. The van der Waals surface area contributed by atoms with Crippen LogP contribution in [0.1, 0.15) is 0 Å². The van der Waals surface area contributed by atoms with Crippen LogP contribution in [0.2, 0.25) is 0 Å². The second-order valence-corrected chi connectivity index (χ2v) is 7.04. The van der Waals surface area contributed by atoms with Crippen LogP contribution in [0.4, 0.5) is 14.5 Å². The van der Waals surface area contributed by atoms with Gasteiger partial charge in [0.25, 0.3) is 10.0 Å². The van der Waals surface area contributed by atoms with Crippen molar-refractivity contribution >= 4 is 33.4 Å². The Bertz CT molecular complexity index is 821. The maximum atomic E-state index is 13.7. The molecule has 0 saturated heterocycles. The van der Waals surface area contributed by atoms with Gasteiger partial charge in [0.1, 0.15) is 11.6 Å². The minimum atomic E-state index is -4.47. The summed E-state index contributed by atoms with van der Waals surface area (Å²) in [5.41, 5.74) is 5.15. The Labute approximate surface area is 135 Å². The molecule has 0 heterocycles. The number of para-hydroxylation sites is 1. The van der Waals surface area contributed by atoms with Crippen molar-refractivity contribution in [3.05, 3.63) is 54.1 Å². The van der Waals surface area contributed by atoms with Crippen LogP contribution in [-0.2, 0) is 14.8 Å². The maximum Gasteiger partial charge on any atom is 0.267 e. The number of hydrogen-bond acceptors (Lipinski definition) is 4. The standard InChI is InChI=1S/C14H12F2N2O3S2/c15-9-4-3-5-10(16)14(9)23(20,21)18-11-6-1-2-7-12(11)22-8-13(17)19/h1-7,18H,8H2,(H2,17,19). The highest BCUT2D eigenvalue weighted by Crippen LogP contribution is 2.29. The van der Waals surface area contributed by atoms with E-state index >= 15 is 0 Å². The van der Waals surface area contributed by atoms with Crippen molar-refractivity contribution in [2.75, 3.05) is 10.5 Å². The number of thioether (sulfide) groups is 1. The summed E-state index contributed by atoms with van der Waals surface area (Å²) in [6.07, 6.45) is 0. The summed E-state index contributed by atoms with van der Waals surface area (Å²) < 4.78 is 54.0. The summed E-state index contributed by atoms with van der Waals surface area (Å²) in [6.45, 7) is 0. The van der Waals surface area contributed by atoms with E-state index < -0.39 is 32.5 Å². The van der Waals surface area contributed by atoms with Crippen molar-refractivity contribution in [2.45, 2.75) is 9.79 Å². The van der Waals surface area contributed by atoms with Gasteiger partial charge in [0.2, 0.25) is 5.91 Å². The van der Waals surface area contributed by atoms with Gasteiger partial charge in [-0.1, -0.05) is 18.2 Å². The topological polar surface area (TPSA) is 89.3 Å². The Morgan fingerprint density at radius 1 is 1.09 bits per heavy atom. The lowest BCUT2D eigenvalue weighted by Gasteiger charge is -2.12. The molecule has 23 heavy (non-hydrogen) atoms. The van der Waals surface area contributed by atoms with Crippen molar-refractivity contribution in [3.63, 3.8) is 0 Å². The minimum Gasteiger partial charge on any atom is -0.369 e. The molecule has 0 fully saturated rings. The van der Waals surface area contributed by atoms with Gasteiger partial charge in [-0.15, -0.1) is 11.8 Å². The van der Waals surface area contributed by atoms with E-state index in [2.05, 4.69) is 4.72 Å². The third kappa shape index (κ3) is 4.20. The third-order valence-electron chi connectivity index (χ3n) is 2.69. The highest BCUT2D eigenvalue weighted by molar-refractivity contribution is 8.00. The van der Waals surface area contributed by atoms with Gasteiger partial charge in [0, 0.05) is 4.90 Å². The van der Waals surface area contributed by atoms with Gasteiger partial charge in [-0.3, -0.25) is 9.52 Å². The number of amides is 1. The van der Waals surface area contributed by atoms with Crippen LogP contribution in [0.15, 0.2) is 52.3 Å². The molecule has 122 valence electrons. The largest absolute Gasteiger partial charge is 0.369 e. The molecule has 0 unspecified atom stereocenters. The summed E-state index contributed by atoms with van der Waals surface area (Å²) in [5.74, 6) is -3.03. The minimum absolute atomic E-state index is 0.0627. The molecule has 2 aromatic carbocycles. The van der Waals surface area contributed by atoms with Crippen LogP contribution < -0.4 is 10.5 Å². The predicted molar refractivity (Wildman–Crippen MR) is 83.5 cm³/mol. The first-order chi connectivity index (χ1) is 10.8. The number of nitrogens with two attached hydrogens (primary N) is 1. The Morgan fingerprint density at radius 2 is 1.70 bits per heavy atom. The Balaban J connectivity index is 2.37. The Hall–Kier alpha value is -2.13. The summed E-state index contributed by atoms with van der Waals surface area (Å²) in [4.78, 5) is 10.2. The van der Waals surface area contributed by atoms with Gasteiger partial charge in [0.05, 0.1) is 11.4 Å². The molecule has 0 saturated carbocycles. The molecule has 0 aliphatic carbocycles. The normalized spacial score (nSPS) is 11.2. The van der Waals surface area contributed by atoms with Crippen LogP contribution in [0.3, 0.4) is 0 Å². The molecule has 0 aromatic heterocycles. The molecule has 2 rings (SSSR count). The number of anilines is 1. The van der Waals surface area contributed by atoms with Crippen LogP contribution in [0.25, 0.3) is 0 Å². The first-order valence-electron chi connectivity index (χ1n) is 6.28. The molecular formula is C14H12F2N2O3S2. The van der Waals surface area contributed by atoms with Crippen LogP contribution in [0, 0.1) is 11.6 Å². The number of halogens is 2. The maximum absolute atomic E-state index is 13.7. The van der Waals surface area contributed by atoms with Crippen molar-refractivity contribution < 1.29 is 22.0 Å². The lowest BCUT2D eigenvalue weighted by atomic mass is 10.3. The number of benzene rings is 2. The van der Waals surface area contributed by atoms with E-state index in [1.54, 1.807) is 18.2 Å². The first-order valence-corrected chi connectivity index (χ1v) is 8.75. The smallest absolute Gasteiger partial charge is 0.267 e. The zero-order valence-electron chi connectivity index (χ0n) is 11.6. The van der Waals surface area contributed by atoms with E-state index in [1.807, 2.05) is 0 Å². The SMILES string of the molecule is NC(=O)CSc1ccccc1NS(=O)(=O)c1c(F)cccc1F. The molecule has 5 nitrogen and oxygen atoms in total. The second kappa shape index (κ2) is 6.97. The zero-order chi connectivity index (χ0) is 17.0. The van der Waals surface area contributed by atoms with Crippen LogP contribution >= 0.6 is 11.8 Å². The molecule has 0 aliphatic heterocycles. The van der Waals surface area contributed by atoms with Crippen LogP contribution in [0.5, 0.6) is 0 Å². The molecule has 0 atom stereocenters. The van der Waals surface area contributed by atoms with E-state index in [1.165, 1.54) is 6.07 Å². The zero-order valence-corrected chi connectivity index (χ0v) is 13.3. The number of primary amides is 1. The molecule has 9 heteroatoms. The second-order valence-electron chi connectivity index (χ2n) is 4.41.